The molecule has 12 heteroatoms. The van der Waals surface area contributed by atoms with Gasteiger partial charge in [0, 0.05) is 17.7 Å². The first-order chi connectivity index (χ1) is 11.6. The molecule has 25 heavy (non-hydrogen) atoms. The molecule has 0 aromatic carbocycles. The number of pyridine rings is 1. The Morgan fingerprint density at radius 1 is 1.32 bits per heavy atom. The Morgan fingerprint density at radius 2 is 1.92 bits per heavy atom. The smallest absolute Gasteiger partial charge is 0.477 e. The van der Waals surface area contributed by atoms with Gasteiger partial charge in [-0.1, -0.05) is 0 Å². The van der Waals surface area contributed by atoms with Crippen molar-refractivity contribution in [3.63, 3.8) is 0 Å². The highest BCUT2D eigenvalue weighted by Gasteiger charge is 2.40. The zero-order valence-electron chi connectivity index (χ0n) is 12.8. The normalized spacial score (nSPS) is 10.4. The van der Waals surface area contributed by atoms with Gasteiger partial charge in [-0.25, -0.2) is 14.6 Å². The maximum atomic E-state index is 11.0. The van der Waals surface area contributed by atoms with Gasteiger partial charge in [-0.3, -0.25) is 0 Å². The number of aliphatic carboxylic acids is 1. The molecule has 2 rings (SSSR count). The number of nitrogens with two attached hydrogens (primary N) is 1. The van der Waals surface area contributed by atoms with Gasteiger partial charge >= 0.3 is 18.1 Å². The van der Waals surface area contributed by atoms with Crippen LogP contribution in [-0.2, 0) is 20.9 Å². The number of carbonyl (C=O) groups excluding carboxylic acids is 1. The monoisotopic (exact) mass is 360 g/mol. The van der Waals surface area contributed by atoms with Crippen LogP contribution >= 0.6 is 0 Å². The van der Waals surface area contributed by atoms with Gasteiger partial charge < -0.3 is 15.6 Å². The second-order valence-electron chi connectivity index (χ2n) is 4.34. The fourth-order valence-corrected chi connectivity index (χ4v) is 1.46. The van der Waals surface area contributed by atoms with Gasteiger partial charge in [0.2, 0.25) is 12.5 Å². The number of nitrogens with zero attached hydrogens (tertiary/aromatic N) is 4. The van der Waals surface area contributed by atoms with Crippen molar-refractivity contribution in [3.05, 3.63) is 30.7 Å². The summed E-state index contributed by atoms with van der Waals surface area (Å²) in [5.41, 5.74) is 6.82. The fourth-order valence-electron chi connectivity index (χ4n) is 1.46. The SMILES string of the molecule is COC(=O)C(F)(F)F.Nc1nncc(-c2cc[n+](CC(=O)O)cc2)n1. The summed E-state index contributed by atoms with van der Waals surface area (Å²) >= 11 is 0. The van der Waals surface area contributed by atoms with E-state index >= 15 is 0 Å². The minimum atomic E-state index is -4.85. The van der Waals surface area contributed by atoms with E-state index in [0.29, 0.717) is 12.8 Å². The molecule has 134 valence electrons. The maximum absolute atomic E-state index is 11.0. The van der Waals surface area contributed by atoms with Crippen LogP contribution in [0.15, 0.2) is 30.7 Å². The molecule has 0 amide bonds. The number of aromatic nitrogens is 4. The molecule has 9 nitrogen and oxygen atoms in total. The summed E-state index contributed by atoms with van der Waals surface area (Å²) in [5, 5.41) is 15.9. The first-order valence-corrected chi connectivity index (χ1v) is 6.45. The third kappa shape index (κ3) is 6.76. The number of alkyl halides is 3. The Bertz CT molecular complexity index is 737. The molecular weight excluding hydrogens is 347 g/mol. The van der Waals surface area contributed by atoms with E-state index in [9.17, 15) is 22.8 Å². The molecular formula is C13H13F3N5O4+. The van der Waals surface area contributed by atoms with Crippen LogP contribution in [0.1, 0.15) is 0 Å². The van der Waals surface area contributed by atoms with Crippen molar-refractivity contribution < 1.29 is 37.2 Å². The van der Waals surface area contributed by atoms with E-state index < -0.39 is 18.1 Å². The molecule has 0 saturated carbocycles. The molecule has 0 saturated heterocycles. The van der Waals surface area contributed by atoms with Crippen LogP contribution < -0.4 is 10.3 Å². The lowest BCUT2D eigenvalue weighted by Crippen LogP contribution is -2.36. The number of anilines is 1. The molecule has 0 spiro atoms. The van der Waals surface area contributed by atoms with Gasteiger partial charge in [0.1, 0.15) is 0 Å². The molecule has 0 unspecified atom stereocenters. The van der Waals surface area contributed by atoms with Crippen molar-refractivity contribution >= 4 is 17.9 Å². The van der Waals surface area contributed by atoms with Crippen molar-refractivity contribution in [2.75, 3.05) is 12.8 Å². The Balaban J connectivity index is 0.000000333. The van der Waals surface area contributed by atoms with Crippen molar-refractivity contribution in [2.45, 2.75) is 12.7 Å². The van der Waals surface area contributed by atoms with Crippen LogP contribution in [0, 0.1) is 0 Å². The molecule has 2 aromatic rings. The summed E-state index contributed by atoms with van der Waals surface area (Å²) in [6, 6.07) is 3.48. The predicted octanol–water partition coefficient (Wildman–Crippen LogP) is 0.215. The third-order valence-electron chi connectivity index (χ3n) is 2.50. The van der Waals surface area contributed by atoms with E-state index in [1.165, 1.54) is 6.20 Å². The van der Waals surface area contributed by atoms with Gasteiger partial charge in [-0.05, 0) is 0 Å². The van der Waals surface area contributed by atoms with Gasteiger partial charge in [-0.2, -0.15) is 22.8 Å². The average molecular weight is 360 g/mol. The van der Waals surface area contributed by atoms with E-state index in [-0.39, 0.29) is 12.5 Å². The number of ether oxygens (including phenoxy) is 1. The second kappa shape index (κ2) is 8.52. The topological polar surface area (TPSA) is 132 Å². The van der Waals surface area contributed by atoms with Crippen molar-refractivity contribution in [2.24, 2.45) is 0 Å². The predicted molar refractivity (Wildman–Crippen MR) is 75.6 cm³/mol. The Morgan fingerprint density at radius 3 is 2.32 bits per heavy atom. The molecule has 2 heterocycles. The highest BCUT2D eigenvalue weighted by atomic mass is 19.4. The summed E-state index contributed by atoms with van der Waals surface area (Å²) in [4.78, 5) is 24.0. The van der Waals surface area contributed by atoms with Crippen LogP contribution in [0.3, 0.4) is 0 Å². The number of hydrogen-bond donors (Lipinski definition) is 2. The Hall–Kier alpha value is -3.31. The van der Waals surface area contributed by atoms with Gasteiger partial charge in [0.25, 0.3) is 0 Å². The number of halogens is 3. The largest absolute Gasteiger partial charge is 0.490 e. The lowest BCUT2D eigenvalue weighted by atomic mass is 10.2. The number of esters is 1. The molecule has 2 aromatic heterocycles. The highest BCUT2D eigenvalue weighted by molar-refractivity contribution is 5.75. The molecule has 0 aliphatic rings. The van der Waals surface area contributed by atoms with Crippen molar-refractivity contribution in [1.82, 2.24) is 15.2 Å². The first kappa shape index (κ1) is 19.7. The highest BCUT2D eigenvalue weighted by Crippen LogP contribution is 2.15. The average Bonchev–Trinajstić information content (AvgIpc) is 2.54. The van der Waals surface area contributed by atoms with Crippen LogP contribution in [0.25, 0.3) is 11.3 Å². The number of carbonyl (C=O) groups is 2. The molecule has 3 N–H and O–H groups in total. The van der Waals surface area contributed by atoms with E-state index in [4.69, 9.17) is 10.8 Å². The maximum Gasteiger partial charge on any atom is 0.490 e. The van der Waals surface area contributed by atoms with E-state index in [2.05, 4.69) is 19.9 Å². The lowest BCUT2D eigenvalue weighted by molar-refractivity contribution is -0.685. The lowest BCUT2D eigenvalue weighted by Gasteiger charge is -1.99. The quantitative estimate of drug-likeness (QED) is 0.587. The third-order valence-corrected chi connectivity index (χ3v) is 2.50. The molecule has 0 aliphatic heterocycles. The number of rotatable bonds is 3. The minimum Gasteiger partial charge on any atom is -0.477 e. The number of carboxylic acids is 1. The second-order valence-corrected chi connectivity index (χ2v) is 4.34. The molecule has 0 fully saturated rings. The number of methoxy groups -OCH3 is 1. The van der Waals surface area contributed by atoms with Crippen molar-refractivity contribution in [1.29, 1.82) is 0 Å². The molecule has 0 bridgehead atoms. The van der Waals surface area contributed by atoms with Crippen LogP contribution in [-0.4, -0.2) is 45.5 Å². The number of hydrogen-bond acceptors (Lipinski definition) is 7. The van der Waals surface area contributed by atoms with Crippen LogP contribution in [0.5, 0.6) is 0 Å². The number of nitrogen functional groups attached to an aromatic ring is 1. The minimum absolute atomic E-state index is 0.0789. The van der Waals surface area contributed by atoms with Gasteiger partial charge in [-0.15, -0.1) is 5.10 Å². The summed E-state index contributed by atoms with van der Waals surface area (Å²) in [7, 11) is 0.676. The standard InChI is InChI=1S/C10H9N5O2.C3H3F3O2/c11-10-13-8(5-12-14-10)7-1-3-15(4-2-7)6-9(16)17;1-8-2(7)3(4,5)6/h1-5H,6H2,(H2-,11,13,14,16,17);1H3/p+1. The van der Waals surface area contributed by atoms with E-state index in [0.717, 1.165) is 5.56 Å². The molecule has 0 atom stereocenters. The van der Waals surface area contributed by atoms with Gasteiger partial charge in [0.15, 0.2) is 12.4 Å². The first-order valence-electron chi connectivity index (χ1n) is 6.45. The number of carboxylic acid groups (broad SMARTS) is 1. The van der Waals surface area contributed by atoms with E-state index in [1.807, 2.05) is 0 Å². The zero-order chi connectivity index (χ0) is 19.0. The summed E-state index contributed by atoms with van der Waals surface area (Å²) in [5.74, 6) is -2.96. The fraction of sp³-hybridized carbons (Fsp3) is 0.231. The van der Waals surface area contributed by atoms with Gasteiger partial charge in [0.05, 0.1) is 19.0 Å². The Labute approximate surface area is 138 Å². The van der Waals surface area contributed by atoms with E-state index in [1.54, 1.807) is 29.1 Å². The van der Waals surface area contributed by atoms with Crippen LogP contribution in [0.2, 0.25) is 0 Å². The van der Waals surface area contributed by atoms with Crippen LogP contribution in [0.4, 0.5) is 19.1 Å². The molecule has 0 aliphatic carbocycles. The Kier molecular flexibility index (Phi) is 6.72. The zero-order valence-corrected chi connectivity index (χ0v) is 12.8. The molecule has 0 radical (unpaired) electrons. The summed E-state index contributed by atoms with van der Waals surface area (Å²) < 4.78 is 37.8. The van der Waals surface area contributed by atoms with Crippen molar-refractivity contribution in [3.8, 4) is 11.3 Å². The summed E-state index contributed by atoms with van der Waals surface area (Å²) in [6.45, 7) is -0.0789. The summed E-state index contributed by atoms with van der Waals surface area (Å²) in [6.07, 6.45) is -0.0501.